The number of nitrogens with one attached hydrogen (secondary N) is 1. The van der Waals surface area contributed by atoms with Crippen LogP contribution in [0.4, 0.5) is 0 Å². The second kappa shape index (κ2) is 6.42. The Morgan fingerprint density at radius 1 is 1.53 bits per heavy atom. The van der Waals surface area contributed by atoms with Gasteiger partial charge in [0.1, 0.15) is 11.9 Å². The fourth-order valence-electron chi connectivity index (χ4n) is 2.74. The molecule has 0 saturated carbocycles. The number of carbonyl (C=O) groups is 1. The summed E-state index contributed by atoms with van der Waals surface area (Å²) in [5.41, 5.74) is 0. The molecular formula is C15H25NO3. The molecule has 0 aromatic rings. The molecule has 3 atom stereocenters. The minimum Gasteiger partial charge on any atom is -0.469 e. The maximum atomic E-state index is 12.3. The molecule has 1 fully saturated rings. The summed E-state index contributed by atoms with van der Waals surface area (Å²) in [7, 11) is 0. The molecule has 1 aliphatic heterocycles. The Morgan fingerprint density at radius 3 is 3.00 bits per heavy atom. The number of carbonyl (C=O) groups excluding carboxylic acids is 1. The van der Waals surface area contributed by atoms with Crippen molar-refractivity contribution in [2.75, 3.05) is 6.79 Å². The summed E-state index contributed by atoms with van der Waals surface area (Å²) in [5, 5.41) is 3.20. The number of rotatable bonds is 5. The van der Waals surface area contributed by atoms with Crippen LogP contribution in [0, 0.1) is 11.8 Å². The van der Waals surface area contributed by atoms with Gasteiger partial charge in [-0.2, -0.15) is 0 Å². The van der Waals surface area contributed by atoms with Gasteiger partial charge in [0.2, 0.25) is 5.91 Å². The lowest BCUT2D eigenvalue weighted by Gasteiger charge is -2.27. The molecule has 1 N–H and O–H groups in total. The molecule has 4 heteroatoms. The molecule has 1 heterocycles. The van der Waals surface area contributed by atoms with Crippen molar-refractivity contribution >= 4 is 5.91 Å². The zero-order valence-corrected chi connectivity index (χ0v) is 12.1. The minimum atomic E-state index is -0.00632. The van der Waals surface area contributed by atoms with Gasteiger partial charge in [-0.25, -0.2) is 0 Å². The first kappa shape index (κ1) is 14.4. The average Bonchev–Trinajstić information content (AvgIpc) is 2.85. The molecule has 2 unspecified atom stereocenters. The Morgan fingerprint density at radius 2 is 2.32 bits per heavy atom. The number of ether oxygens (including phenoxy) is 2. The van der Waals surface area contributed by atoms with Crippen LogP contribution >= 0.6 is 0 Å². The lowest BCUT2D eigenvalue weighted by Crippen LogP contribution is -2.43. The predicted octanol–water partition coefficient (Wildman–Crippen LogP) is 2.59. The minimum absolute atomic E-state index is 0.00632. The van der Waals surface area contributed by atoms with E-state index in [0.29, 0.717) is 12.7 Å². The lowest BCUT2D eigenvalue weighted by atomic mass is 9.89. The zero-order chi connectivity index (χ0) is 13.8. The van der Waals surface area contributed by atoms with Crippen molar-refractivity contribution in [2.24, 2.45) is 11.8 Å². The standard InChI is InChI=1S/C15H25NO3/c1-4-5-12(10(2)3)16-15(17)11-6-7-13-14(8-11)19-9-18-13/h7,10-12,14H,4-6,8-9H2,1-3H3,(H,16,17)/t11-,12?,14?/m1/s1. The number of allylic oxidation sites excluding steroid dienone is 1. The monoisotopic (exact) mass is 267 g/mol. The Kier molecular flexibility index (Phi) is 4.86. The molecule has 0 bridgehead atoms. The van der Waals surface area contributed by atoms with Gasteiger partial charge in [-0.1, -0.05) is 27.2 Å². The van der Waals surface area contributed by atoms with Crippen LogP contribution in [0.3, 0.4) is 0 Å². The summed E-state index contributed by atoms with van der Waals surface area (Å²) >= 11 is 0. The van der Waals surface area contributed by atoms with Crippen LogP contribution in [-0.2, 0) is 14.3 Å². The van der Waals surface area contributed by atoms with E-state index in [9.17, 15) is 4.79 Å². The molecule has 0 aromatic carbocycles. The van der Waals surface area contributed by atoms with Gasteiger partial charge in [0.15, 0.2) is 6.79 Å². The van der Waals surface area contributed by atoms with Gasteiger partial charge in [0.25, 0.3) is 0 Å². The van der Waals surface area contributed by atoms with Crippen LogP contribution in [0.15, 0.2) is 11.8 Å². The molecule has 2 aliphatic rings. The SMILES string of the molecule is CCCC(NC(=O)[C@@H]1CC=C2OCOC2C1)C(C)C. The molecule has 2 rings (SSSR count). The number of hydrogen-bond donors (Lipinski definition) is 1. The summed E-state index contributed by atoms with van der Waals surface area (Å²) in [6, 6.07) is 0.281. The fraction of sp³-hybridized carbons (Fsp3) is 0.800. The molecule has 19 heavy (non-hydrogen) atoms. The van der Waals surface area contributed by atoms with E-state index >= 15 is 0 Å². The molecule has 1 saturated heterocycles. The topological polar surface area (TPSA) is 47.6 Å². The van der Waals surface area contributed by atoms with Crippen LogP contribution < -0.4 is 5.32 Å². The highest BCUT2D eigenvalue weighted by atomic mass is 16.7. The van der Waals surface area contributed by atoms with Gasteiger partial charge in [-0.05, 0) is 31.3 Å². The van der Waals surface area contributed by atoms with Gasteiger partial charge < -0.3 is 14.8 Å². The summed E-state index contributed by atoms with van der Waals surface area (Å²) in [6.45, 7) is 6.80. The van der Waals surface area contributed by atoms with E-state index in [1.54, 1.807) is 0 Å². The van der Waals surface area contributed by atoms with Crippen LogP contribution in [0.2, 0.25) is 0 Å². The van der Waals surface area contributed by atoms with Crippen LogP contribution in [0.5, 0.6) is 0 Å². The maximum absolute atomic E-state index is 12.3. The van der Waals surface area contributed by atoms with Gasteiger partial charge in [-0.15, -0.1) is 0 Å². The molecule has 0 spiro atoms. The van der Waals surface area contributed by atoms with Crippen molar-refractivity contribution < 1.29 is 14.3 Å². The van der Waals surface area contributed by atoms with E-state index in [2.05, 4.69) is 26.1 Å². The van der Waals surface area contributed by atoms with Crippen molar-refractivity contribution in [2.45, 2.75) is 58.6 Å². The van der Waals surface area contributed by atoms with E-state index in [0.717, 1.165) is 31.4 Å². The highest BCUT2D eigenvalue weighted by Crippen LogP contribution is 2.31. The number of fused-ring (bicyclic) bond motifs is 1. The molecule has 4 nitrogen and oxygen atoms in total. The number of hydrogen-bond acceptors (Lipinski definition) is 3. The normalized spacial score (nSPS) is 27.5. The van der Waals surface area contributed by atoms with Gasteiger partial charge >= 0.3 is 0 Å². The van der Waals surface area contributed by atoms with E-state index in [4.69, 9.17) is 9.47 Å². The molecule has 108 valence electrons. The first-order valence-electron chi connectivity index (χ1n) is 7.36. The predicted molar refractivity (Wildman–Crippen MR) is 73.3 cm³/mol. The molecule has 1 amide bonds. The van der Waals surface area contributed by atoms with E-state index in [1.165, 1.54) is 0 Å². The van der Waals surface area contributed by atoms with E-state index in [-0.39, 0.29) is 24.0 Å². The third-order valence-corrected chi connectivity index (χ3v) is 4.02. The lowest BCUT2D eigenvalue weighted by molar-refractivity contribution is -0.127. The van der Waals surface area contributed by atoms with Crippen molar-refractivity contribution in [3.63, 3.8) is 0 Å². The third-order valence-electron chi connectivity index (χ3n) is 4.02. The first-order valence-corrected chi connectivity index (χ1v) is 7.36. The van der Waals surface area contributed by atoms with Crippen LogP contribution in [0.1, 0.15) is 46.5 Å². The highest BCUT2D eigenvalue weighted by molar-refractivity contribution is 5.79. The highest BCUT2D eigenvalue weighted by Gasteiger charge is 2.34. The van der Waals surface area contributed by atoms with Crippen molar-refractivity contribution in [1.82, 2.24) is 5.32 Å². The summed E-state index contributed by atoms with van der Waals surface area (Å²) < 4.78 is 10.8. The third kappa shape index (κ3) is 3.50. The zero-order valence-electron chi connectivity index (χ0n) is 12.1. The maximum Gasteiger partial charge on any atom is 0.223 e. The molecule has 1 aliphatic carbocycles. The number of amides is 1. The van der Waals surface area contributed by atoms with E-state index in [1.807, 2.05) is 6.08 Å². The average molecular weight is 267 g/mol. The smallest absolute Gasteiger partial charge is 0.223 e. The fourth-order valence-corrected chi connectivity index (χ4v) is 2.74. The summed E-state index contributed by atoms with van der Waals surface area (Å²) in [4.78, 5) is 12.3. The van der Waals surface area contributed by atoms with E-state index < -0.39 is 0 Å². The summed E-state index contributed by atoms with van der Waals surface area (Å²) in [5.74, 6) is 1.58. The summed E-state index contributed by atoms with van der Waals surface area (Å²) in [6.07, 6.45) is 5.65. The Bertz CT molecular complexity index is 351. The Labute approximate surface area is 115 Å². The molecule has 0 aromatic heterocycles. The first-order chi connectivity index (χ1) is 9.11. The molecular weight excluding hydrogens is 242 g/mol. The van der Waals surface area contributed by atoms with Crippen LogP contribution in [-0.4, -0.2) is 24.8 Å². The van der Waals surface area contributed by atoms with Crippen LogP contribution in [0.25, 0.3) is 0 Å². The van der Waals surface area contributed by atoms with Crippen molar-refractivity contribution in [1.29, 1.82) is 0 Å². The molecule has 0 radical (unpaired) electrons. The van der Waals surface area contributed by atoms with Crippen molar-refractivity contribution in [3.8, 4) is 0 Å². The Hall–Kier alpha value is -1.03. The quantitative estimate of drug-likeness (QED) is 0.833. The Balaban J connectivity index is 1.89. The van der Waals surface area contributed by atoms with Gasteiger partial charge in [-0.3, -0.25) is 4.79 Å². The van der Waals surface area contributed by atoms with Crippen molar-refractivity contribution in [3.05, 3.63) is 11.8 Å². The van der Waals surface area contributed by atoms with Gasteiger partial charge in [0, 0.05) is 12.0 Å². The second-order valence-corrected chi connectivity index (χ2v) is 5.84. The largest absolute Gasteiger partial charge is 0.469 e. The second-order valence-electron chi connectivity index (χ2n) is 5.84. The van der Waals surface area contributed by atoms with Gasteiger partial charge in [0.05, 0.1) is 0 Å².